The molecule has 0 aromatic carbocycles. The highest BCUT2D eigenvalue weighted by Gasteiger charge is 2.32. The lowest BCUT2D eigenvalue weighted by molar-refractivity contribution is 0.205. The fourth-order valence-electron chi connectivity index (χ4n) is 1.83. The van der Waals surface area contributed by atoms with Crippen molar-refractivity contribution in [2.45, 2.75) is 31.8 Å². The molecule has 0 spiro atoms. The van der Waals surface area contributed by atoms with Gasteiger partial charge < -0.3 is 5.73 Å². The van der Waals surface area contributed by atoms with E-state index in [4.69, 9.17) is 5.73 Å². The van der Waals surface area contributed by atoms with Crippen molar-refractivity contribution in [1.29, 1.82) is 0 Å². The van der Waals surface area contributed by atoms with E-state index in [0.29, 0.717) is 6.04 Å². The highest BCUT2D eigenvalue weighted by Crippen LogP contribution is 2.34. The monoisotopic (exact) mass is 211 g/mol. The average molecular weight is 211 g/mol. The molecule has 0 bridgehead atoms. The minimum Gasteiger partial charge on any atom is -0.329 e. The summed E-state index contributed by atoms with van der Waals surface area (Å²) in [5, 5.41) is 3.25. The predicted octanol–water partition coefficient (Wildman–Crippen LogP) is 1.63. The topological polar surface area (TPSA) is 42.2 Å². The molecule has 78 valence electrons. The van der Waals surface area contributed by atoms with Gasteiger partial charge >= 0.3 is 0 Å². The third-order valence-corrected chi connectivity index (χ3v) is 3.66. The largest absolute Gasteiger partial charge is 0.329 e. The molecule has 1 heterocycles. The van der Waals surface area contributed by atoms with Crippen LogP contribution in [0.3, 0.4) is 0 Å². The van der Waals surface area contributed by atoms with Crippen LogP contribution in [-0.4, -0.2) is 29.0 Å². The molecule has 0 amide bonds. The fraction of sp³-hybridized carbons (Fsp3) is 0.700. The van der Waals surface area contributed by atoms with Crippen LogP contribution >= 0.6 is 11.3 Å². The van der Waals surface area contributed by atoms with Gasteiger partial charge in [-0.15, -0.1) is 11.3 Å². The van der Waals surface area contributed by atoms with Crippen LogP contribution in [0.15, 0.2) is 11.6 Å². The maximum Gasteiger partial charge on any atom is 0.109 e. The Morgan fingerprint density at radius 3 is 3.00 bits per heavy atom. The van der Waals surface area contributed by atoms with Gasteiger partial charge in [0.15, 0.2) is 0 Å². The Kier molecular flexibility index (Phi) is 3.15. The molecule has 4 heteroatoms. The normalized spacial score (nSPS) is 18.8. The summed E-state index contributed by atoms with van der Waals surface area (Å²) in [5.41, 5.74) is 5.63. The van der Waals surface area contributed by atoms with Gasteiger partial charge in [0.05, 0.1) is 6.04 Å². The lowest BCUT2D eigenvalue weighted by Crippen LogP contribution is -2.33. The van der Waals surface area contributed by atoms with E-state index in [2.05, 4.69) is 16.8 Å². The number of nitrogens with zero attached hydrogens (tertiary/aromatic N) is 2. The Morgan fingerprint density at radius 1 is 1.71 bits per heavy atom. The molecule has 1 saturated carbocycles. The molecule has 0 aliphatic heterocycles. The van der Waals surface area contributed by atoms with Crippen LogP contribution in [0.4, 0.5) is 0 Å². The van der Waals surface area contributed by atoms with Crippen molar-refractivity contribution in [2.75, 3.05) is 13.1 Å². The van der Waals surface area contributed by atoms with Crippen molar-refractivity contribution in [3.63, 3.8) is 0 Å². The van der Waals surface area contributed by atoms with Crippen molar-refractivity contribution < 1.29 is 0 Å². The van der Waals surface area contributed by atoms with Gasteiger partial charge in [0.1, 0.15) is 5.01 Å². The SMILES string of the molecule is CC(c1nccs1)N(CCN)C1CC1. The van der Waals surface area contributed by atoms with Crippen LogP contribution in [-0.2, 0) is 0 Å². The first-order valence-corrected chi connectivity index (χ1v) is 6.06. The summed E-state index contributed by atoms with van der Waals surface area (Å²) < 4.78 is 0. The third kappa shape index (κ3) is 2.13. The van der Waals surface area contributed by atoms with Crippen LogP contribution < -0.4 is 5.73 Å². The van der Waals surface area contributed by atoms with E-state index in [1.165, 1.54) is 17.8 Å². The van der Waals surface area contributed by atoms with Crippen molar-refractivity contribution in [1.82, 2.24) is 9.88 Å². The highest BCUT2D eigenvalue weighted by atomic mass is 32.1. The molecule has 0 saturated heterocycles. The Morgan fingerprint density at radius 2 is 2.50 bits per heavy atom. The number of nitrogens with two attached hydrogens (primary N) is 1. The molecule has 1 aliphatic rings. The van der Waals surface area contributed by atoms with Gasteiger partial charge in [-0.1, -0.05) is 0 Å². The molecular formula is C10H17N3S. The van der Waals surface area contributed by atoms with Gasteiger partial charge in [-0.2, -0.15) is 0 Å². The molecule has 14 heavy (non-hydrogen) atoms. The van der Waals surface area contributed by atoms with Crippen molar-refractivity contribution >= 4 is 11.3 Å². The Labute approximate surface area is 88.9 Å². The predicted molar refractivity (Wildman–Crippen MR) is 59.3 cm³/mol. The second-order valence-electron chi connectivity index (χ2n) is 3.80. The molecule has 1 unspecified atom stereocenters. The van der Waals surface area contributed by atoms with E-state index < -0.39 is 0 Å². The average Bonchev–Trinajstić information content (AvgIpc) is 2.88. The molecule has 1 aromatic rings. The maximum atomic E-state index is 5.63. The second kappa shape index (κ2) is 4.38. The number of hydrogen-bond acceptors (Lipinski definition) is 4. The summed E-state index contributed by atoms with van der Waals surface area (Å²) in [7, 11) is 0. The van der Waals surface area contributed by atoms with Gasteiger partial charge in [-0.05, 0) is 19.8 Å². The summed E-state index contributed by atoms with van der Waals surface area (Å²) in [4.78, 5) is 6.85. The molecule has 3 nitrogen and oxygen atoms in total. The van der Waals surface area contributed by atoms with E-state index >= 15 is 0 Å². The minimum absolute atomic E-state index is 0.436. The first-order chi connectivity index (χ1) is 6.83. The van der Waals surface area contributed by atoms with Crippen molar-refractivity contribution in [3.8, 4) is 0 Å². The Hall–Kier alpha value is -0.450. The second-order valence-corrected chi connectivity index (χ2v) is 4.73. The lowest BCUT2D eigenvalue weighted by Gasteiger charge is -2.26. The van der Waals surface area contributed by atoms with Gasteiger partial charge in [-0.3, -0.25) is 4.90 Å². The Bertz CT molecular complexity index is 269. The van der Waals surface area contributed by atoms with E-state index in [1.54, 1.807) is 11.3 Å². The van der Waals surface area contributed by atoms with E-state index in [9.17, 15) is 0 Å². The van der Waals surface area contributed by atoms with Gasteiger partial charge in [0.25, 0.3) is 0 Å². The highest BCUT2D eigenvalue weighted by molar-refractivity contribution is 7.09. The van der Waals surface area contributed by atoms with Gasteiger partial charge in [-0.25, -0.2) is 4.98 Å². The smallest absolute Gasteiger partial charge is 0.109 e. The van der Waals surface area contributed by atoms with Crippen LogP contribution in [0, 0.1) is 0 Å². The minimum atomic E-state index is 0.436. The standard InChI is InChI=1S/C10H17N3S/c1-8(10-12-5-7-14-10)13(6-4-11)9-2-3-9/h5,7-9H,2-4,6,11H2,1H3. The number of hydrogen-bond donors (Lipinski definition) is 1. The number of thiazole rings is 1. The molecule has 2 N–H and O–H groups in total. The number of rotatable bonds is 5. The van der Waals surface area contributed by atoms with Crippen LogP contribution in [0.25, 0.3) is 0 Å². The lowest BCUT2D eigenvalue weighted by atomic mass is 10.3. The zero-order valence-electron chi connectivity index (χ0n) is 8.52. The molecule has 1 aromatic heterocycles. The molecule has 1 aliphatic carbocycles. The van der Waals surface area contributed by atoms with Crippen molar-refractivity contribution in [2.24, 2.45) is 5.73 Å². The van der Waals surface area contributed by atoms with Crippen LogP contribution in [0.2, 0.25) is 0 Å². The fourth-order valence-corrected chi connectivity index (χ4v) is 2.55. The van der Waals surface area contributed by atoms with Gasteiger partial charge in [0, 0.05) is 30.7 Å². The Balaban J connectivity index is 2.02. The third-order valence-electron chi connectivity index (χ3n) is 2.71. The summed E-state index contributed by atoms with van der Waals surface area (Å²) >= 11 is 1.74. The first kappa shape index (κ1) is 10.1. The van der Waals surface area contributed by atoms with Crippen molar-refractivity contribution in [3.05, 3.63) is 16.6 Å². The number of aromatic nitrogens is 1. The van der Waals surface area contributed by atoms with E-state index in [0.717, 1.165) is 19.1 Å². The first-order valence-electron chi connectivity index (χ1n) is 5.18. The molecular weight excluding hydrogens is 194 g/mol. The zero-order valence-corrected chi connectivity index (χ0v) is 9.33. The van der Waals surface area contributed by atoms with Crippen LogP contribution in [0.5, 0.6) is 0 Å². The summed E-state index contributed by atoms with van der Waals surface area (Å²) in [6.45, 7) is 3.96. The summed E-state index contributed by atoms with van der Waals surface area (Å²) in [5.74, 6) is 0. The summed E-state index contributed by atoms with van der Waals surface area (Å²) in [6, 6.07) is 1.20. The van der Waals surface area contributed by atoms with E-state index in [1.807, 2.05) is 11.6 Å². The molecule has 1 atom stereocenters. The van der Waals surface area contributed by atoms with Crippen LogP contribution in [0.1, 0.15) is 30.8 Å². The molecule has 0 radical (unpaired) electrons. The molecule has 2 rings (SSSR count). The maximum absolute atomic E-state index is 5.63. The van der Waals surface area contributed by atoms with Gasteiger partial charge in [0.2, 0.25) is 0 Å². The quantitative estimate of drug-likeness (QED) is 0.805. The zero-order chi connectivity index (χ0) is 9.97. The summed E-state index contributed by atoms with van der Waals surface area (Å²) in [6.07, 6.45) is 4.54. The molecule has 1 fully saturated rings. The van der Waals surface area contributed by atoms with E-state index in [-0.39, 0.29) is 0 Å².